The van der Waals surface area contributed by atoms with Gasteiger partial charge in [-0.15, -0.1) is 0 Å². The predicted octanol–water partition coefficient (Wildman–Crippen LogP) is 2.57. The molecular weight excluding hydrogens is 236 g/mol. The SMILES string of the molecule is CCC(C)CN(C)C(=O)c1ccccc1CCNC. The normalized spacial score (nSPS) is 12.2. The fraction of sp³-hybridized carbons (Fsp3) is 0.562. The van der Waals surface area contributed by atoms with E-state index in [0.717, 1.165) is 37.1 Å². The van der Waals surface area contributed by atoms with Crippen LogP contribution in [-0.4, -0.2) is 38.0 Å². The number of hydrogen-bond acceptors (Lipinski definition) is 2. The van der Waals surface area contributed by atoms with Crippen molar-refractivity contribution in [2.75, 3.05) is 27.2 Å². The van der Waals surface area contributed by atoms with Gasteiger partial charge in [0.15, 0.2) is 0 Å². The second kappa shape index (κ2) is 7.95. The number of nitrogens with zero attached hydrogens (tertiary/aromatic N) is 1. The molecule has 3 nitrogen and oxygen atoms in total. The maximum atomic E-state index is 12.5. The molecule has 1 atom stereocenters. The van der Waals surface area contributed by atoms with Gasteiger partial charge in [0, 0.05) is 19.2 Å². The van der Waals surface area contributed by atoms with Gasteiger partial charge in [0.05, 0.1) is 0 Å². The number of carbonyl (C=O) groups is 1. The molecule has 0 spiro atoms. The second-order valence-corrected chi connectivity index (χ2v) is 5.21. The van der Waals surface area contributed by atoms with Crippen LogP contribution in [0.4, 0.5) is 0 Å². The minimum Gasteiger partial charge on any atom is -0.341 e. The van der Waals surface area contributed by atoms with E-state index in [-0.39, 0.29) is 5.91 Å². The number of carbonyl (C=O) groups excluding carboxylic acids is 1. The molecule has 0 bridgehead atoms. The first-order valence-electron chi connectivity index (χ1n) is 7.08. The highest BCUT2D eigenvalue weighted by molar-refractivity contribution is 5.95. The number of benzene rings is 1. The summed E-state index contributed by atoms with van der Waals surface area (Å²) in [4.78, 5) is 14.3. The highest BCUT2D eigenvalue weighted by Gasteiger charge is 2.16. The van der Waals surface area contributed by atoms with Crippen molar-refractivity contribution in [3.63, 3.8) is 0 Å². The van der Waals surface area contributed by atoms with E-state index in [9.17, 15) is 4.79 Å². The summed E-state index contributed by atoms with van der Waals surface area (Å²) in [5.74, 6) is 0.672. The van der Waals surface area contributed by atoms with Crippen molar-refractivity contribution < 1.29 is 4.79 Å². The lowest BCUT2D eigenvalue weighted by Crippen LogP contribution is -2.31. The second-order valence-electron chi connectivity index (χ2n) is 5.21. The largest absolute Gasteiger partial charge is 0.341 e. The summed E-state index contributed by atoms with van der Waals surface area (Å²) in [6.45, 7) is 6.04. The van der Waals surface area contributed by atoms with E-state index < -0.39 is 0 Å². The molecule has 0 radical (unpaired) electrons. The topological polar surface area (TPSA) is 32.3 Å². The predicted molar refractivity (Wildman–Crippen MR) is 80.5 cm³/mol. The summed E-state index contributed by atoms with van der Waals surface area (Å²) < 4.78 is 0. The number of hydrogen-bond donors (Lipinski definition) is 1. The molecular formula is C16H26N2O. The summed E-state index contributed by atoms with van der Waals surface area (Å²) in [6.07, 6.45) is 1.98. The van der Waals surface area contributed by atoms with Gasteiger partial charge in [-0.2, -0.15) is 0 Å². The monoisotopic (exact) mass is 262 g/mol. The molecule has 3 heteroatoms. The third kappa shape index (κ3) is 4.67. The zero-order valence-corrected chi connectivity index (χ0v) is 12.6. The van der Waals surface area contributed by atoms with E-state index in [2.05, 4.69) is 19.2 Å². The van der Waals surface area contributed by atoms with Crippen LogP contribution in [0.25, 0.3) is 0 Å². The zero-order valence-electron chi connectivity index (χ0n) is 12.6. The van der Waals surface area contributed by atoms with Crippen molar-refractivity contribution in [1.82, 2.24) is 10.2 Å². The van der Waals surface area contributed by atoms with Crippen molar-refractivity contribution >= 4 is 5.91 Å². The van der Waals surface area contributed by atoms with Crippen LogP contribution in [0.1, 0.15) is 36.2 Å². The fourth-order valence-corrected chi connectivity index (χ4v) is 2.09. The van der Waals surface area contributed by atoms with Crippen LogP contribution in [0, 0.1) is 5.92 Å². The first kappa shape index (κ1) is 15.7. The molecule has 0 aliphatic rings. The third-order valence-electron chi connectivity index (χ3n) is 3.52. The van der Waals surface area contributed by atoms with Crippen LogP contribution in [0.3, 0.4) is 0 Å². The molecule has 0 heterocycles. The zero-order chi connectivity index (χ0) is 14.3. The molecule has 0 saturated heterocycles. The molecule has 1 aromatic rings. The van der Waals surface area contributed by atoms with Gasteiger partial charge in [-0.25, -0.2) is 0 Å². The first-order chi connectivity index (χ1) is 9.10. The van der Waals surface area contributed by atoms with Gasteiger partial charge in [-0.3, -0.25) is 4.79 Å². The minimum absolute atomic E-state index is 0.131. The molecule has 0 fully saturated rings. The Kier molecular flexibility index (Phi) is 6.57. The highest BCUT2D eigenvalue weighted by atomic mass is 16.2. The summed E-state index contributed by atoms with van der Waals surface area (Å²) in [5.41, 5.74) is 1.96. The Morgan fingerprint density at radius 3 is 2.68 bits per heavy atom. The summed E-state index contributed by atoms with van der Waals surface area (Å²) in [5, 5.41) is 3.13. The molecule has 0 saturated carbocycles. The van der Waals surface area contributed by atoms with Crippen LogP contribution < -0.4 is 5.32 Å². The van der Waals surface area contributed by atoms with Crippen LogP contribution in [0.15, 0.2) is 24.3 Å². The van der Waals surface area contributed by atoms with E-state index in [1.54, 1.807) is 0 Å². The van der Waals surface area contributed by atoms with Crippen LogP contribution in [-0.2, 0) is 6.42 Å². The Morgan fingerprint density at radius 2 is 2.05 bits per heavy atom. The Hall–Kier alpha value is -1.35. The van der Waals surface area contributed by atoms with Crippen molar-refractivity contribution in [2.24, 2.45) is 5.92 Å². The standard InChI is InChI=1S/C16H26N2O/c1-5-13(2)12-18(4)16(19)15-9-7-6-8-14(15)10-11-17-3/h6-9,13,17H,5,10-12H2,1-4H3. The molecule has 106 valence electrons. The number of amides is 1. The number of likely N-dealkylation sites (N-methyl/N-ethyl adjacent to an activating group) is 1. The minimum atomic E-state index is 0.131. The quantitative estimate of drug-likeness (QED) is 0.819. The van der Waals surface area contributed by atoms with Gasteiger partial charge in [0.1, 0.15) is 0 Å². The van der Waals surface area contributed by atoms with Crippen molar-refractivity contribution in [1.29, 1.82) is 0 Å². The molecule has 0 aromatic heterocycles. The van der Waals surface area contributed by atoms with Crippen molar-refractivity contribution in [2.45, 2.75) is 26.7 Å². The third-order valence-corrected chi connectivity index (χ3v) is 3.52. The van der Waals surface area contributed by atoms with E-state index >= 15 is 0 Å². The van der Waals surface area contributed by atoms with Crippen LogP contribution in [0.5, 0.6) is 0 Å². The van der Waals surface area contributed by atoms with Crippen molar-refractivity contribution in [3.8, 4) is 0 Å². The number of nitrogens with one attached hydrogen (secondary N) is 1. The molecule has 0 aliphatic heterocycles. The lowest BCUT2D eigenvalue weighted by molar-refractivity contribution is 0.0774. The van der Waals surface area contributed by atoms with Gasteiger partial charge in [0.2, 0.25) is 0 Å². The molecule has 1 amide bonds. The summed E-state index contributed by atoms with van der Waals surface area (Å²) in [6, 6.07) is 7.91. The average Bonchev–Trinajstić information content (AvgIpc) is 2.44. The smallest absolute Gasteiger partial charge is 0.253 e. The molecule has 1 rings (SSSR count). The first-order valence-corrected chi connectivity index (χ1v) is 7.08. The van der Waals surface area contributed by atoms with Gasteiger partial charge < -0.3 is 10.2 Å². The molecule has 1 N–H and O–H groups in total. The maximum Gasteiger partial charge on any atom is 0.253 e. The Morgan fingerprint density at radius 1 is 1.37 bits per heavy atom. The summed E-state index contributed by atoms with van der Waals surface area (Å²) >= 11 is 0. The van der Waals surface area contributed by atoms with E-state index in [1.165, 1.54) is 0 Å². The summed E-state index contributed by atoms with van der Waals surface area (Å²) in [7, 11) is 3.82. The Bertz CT molecular complexity index is 403. The number of rotatable bonds is 7. The van der Waals surface area contributed by atoms with Gasteiger partial charge >= 0.3 is 0 Å². The Labute approximate surface area is 117 Å². The van der Waals surface area contributed by atoms with Gasteiger partial charge in [0.25, 0.3) is 5.91 Å². The highest BCUT2D eigenvalue weighted by Crippen LogP contribution is 2.13. The van der Waals surface area contributed by atoms with Gasteiger partial charge in [-0.1, -0.05) is 38.5 Å². The fourth-order valence-electron chi connectivity index (χ4n) is 2.09. The molecule has 19 heavy (non-hydrogen) atoms. The lowest BCUT2D eigenvalue weighted by atomic mass is 10.0. The van der Waals surface area contributed by atoms with E-state index in [1.807, 2.05) is 43.3 Å². The van der Waals surface area contributed by atoms with E-state index in [0.29, 0.717) is 5.92 Å². The molecule has 1 aromatic carbocycles. The average molecular weight is 262 g/mol. The van der Waals surface area contributed by atoms with Crippen LogP contribution >= 0.6 is 0 Å². The van der Waals surface area contributed by atoms with E-state index in [4.69, 9.17) is 0 Å². The molecule has 1 unspecified atom stereocenters. The van der Waals surface area contributed by atoms with Crippen molar-refractivity contribution in [3.05, 3.63) is 35.4 Å². The maximum absolute atomic E-state index is 12.5. The van der Waals surface area contributed by atoms with Crippen LogP contribution in [0.2, 0.25) is 0 Å². The molecule has 0 aliphatic carbocycles. The Balaban J connectivity index is 2.80. The van der Waals surface area contributed by atoms with Gasteiger partial charge in [-0.05, 0) is 37.6 Å². The lowest BCUT2D eigenvalue weighted by Gasteiger charge is -2.22.